The minimum absolute atomic E-state index is 0.673. The van der Waals surface area contributed by atoms with Crippen molar-refractivity contribution >= 4 is 29.2 Å². The Bertz CT molecular complexity index is 378. The van der Waals surface area contributed by atoms with Crippen molar-refractivity contribution in [1.29, 1.82) is 0 Å². The molecule has 2 fully saturated rings. The Labute approximate surface area is 125 Å². The molecule has 1 atom stereocenters. The summed E-state index contributed by atoms with van der Waals surface area (Å²) in [5.41, 5.74) is 1.29. The highest BCUT2D eigenvalue weighted by Crippen LogP contribution is 2.35. The molecule has 104 valence electrons. The number of anilines is 1. The van der Waals surface area contributed by atoms with Crippen molar-refractivity contribution < 1.29 is 0 Å². The molecule has 1 unspecified atom stereocenters. The molecular formula is C16H23NS2. The third-order valence-corrected chi connectivity index (χ3v) is 6.55. The molecule has 1 N–H and O–H groups in total. The summed E-state index contributed by atoms with van der Waals surface area (Å²) < 4.78 is 0. The lowest BCUT2D eigenvalue weighted by atomic mass is 10.2. The van der Waals surface area contributed by atoms with Crippen LogP contribution in [0.15, 0.2) is 29.2 Å². The minimum Gasteiger partial charge on any atom is -0.381 e. The van der Waals surface area contributed by atoms with Crippen molar-refractivity contribution in [2.75, 3.05) is 16.8 Å². The topological polar surface area (TPSA) is 12.0 Å². The van der Waals surface area contributed by atoms with Crippen LogP contribution in [-0.4, -0.2) is 22.8 Å². The fourth-order valence-electron chi connectivity index (χ4n) is 2.92. The van der Waals surface area contributed by atoms with Gasteiger partial charge in [-0.3, -0.25) is 0 Å². The van der Waals surface area contributed by atoms with Gasteiger partial charge in [-0.05, 0) is 55.7 Å². The molecule has 19 heavy (non-hydrogen) atoms. The van der Waals surface area contributed by atoms with Crippen LogP contribution in [0, 0.1) is 0 Å². The first-order chi connectivity index (χ1) is 9.40. The normalized spacial score (nSPS) is 24.5. The van der Waals surface area contributed by atoms with E-state index in [0.29, 0.717) is 6.04 Å². The molecule has 1 aliphatic heterocycles. The summed E-state index contributed by atoms with van der Waals surface area (Å²) in [6.07, 6.45) is 8.35. The molecule has 0 spiro atoms. The molecule has 3 heteroatoms. The van der Waals surface area contributed by atoms with Gasteiger partial charge in [-0.25, -0.2) is 0 Å². The van der Waals surface area contributed by atoms with Crippen molar-refractivity contribution in [3.05, 3.63) is 24.3 Å². The van der Waals surface area contributed by atoms with Crippen LogP contribution in [0.4, 0.5) is 5.69 Å². The largest absolute Gasteiger partial charge is 0.381 e. The van der Waals surface area contributed by atoms with Crippen LogP contribution in [0.2, 0.25) is 0 Å². The minimum atomic E-state index is 0.673. The van der Waals surface area contributed by atoms with E-state index < -0.39 is 0 Å². The van der Waals surface area contributed by atoms with E-state index in [0.717, 1.165) is 5.25 Å². The van der Waals surface area contributed by atoms with Crippen LogP contribution >= 0.6 is 23.5 Å². The smallest absolute Gasteiger partial charge is 0.0352 e. The van der Waals surface area contributed by atoms with Gasteiger partial charge in [0.15, 0.2) is 0 Å². The quantitative estimate of drug-likeness (QED) is 0.836. The molecule has 3 rings (SSSR count). The first-order valence-electron chi connectivity index (χ1n) is 7.51. The summed E-state index contributed by atoms with van der Waals surface area (Å²) in [7, 11) is 0. The van der Waals surface area contributed by atoms with Gasteiger partial charge in [-0.2, -0.15) is 11.8 Å². The molecule has 1 aromatic rings. The highest BCUT2D eigenvalue weighted by Gasteiger charge is 2.16. The summed E-state index contributed by atoms with van der Waals surface area (Å²) in [6.45, 7) is 0. The van der Waals surface area contributed by atoms with Gasteiger partial charge in [-0.15, -0.1) is 11.8 Å². The Morgan fingerprint density at radius 3 is 2.47 bits per heavy atom. The molecule has 0 bridgehead atoms. The van der Waals surface area contributed by atoms with E-state index >= 15 is 0 Å². The average Bonchev–Trinajstić information content (AvgIpc) is 2.95. The van der Waals surface area contributed by atoms with E-state index in [9.17, 15) is 0 Å². The lowest BCUT2D eigenvalue weighted by molar-refractivity contribution is 0.685. The summed E-state index contributed by atoms with van der Waals surface area (Å²) in [5.74, 6) is 2.60. The van der Waals surface area contributed by atoms with Crippen molar-refractivity contribution in [3.63, 3.8) is 0 Å². The number of thioether (sulfide) groups is 2. The number of hydrogen-bond donors (Lipinski definition) is 1. The summed E-state index contributed by atoms with van der Waals surface area (Å²) in [5, 5.41) is 4.54. The summed E-state index contributed by atoms with van der Waals surface area (Å²) >= 11 is 4.15. The van der Waals surface area contributed by atoms with E-state index in [4.69, 9.17) is 0 Å². The first-order valence-corrected chi connectivity index (χ1v) is 9.54. The van der Waals surface area contributed by atoms with Crippen LogP contribution in [0.1, 0.15) is 38.5 Å². The second-order valence-corrected chi connectivity index (χ2v) is 8.13. The van der Waals surface area contributed by atoms with Gasteiger partial charge in [0.25, 0.3) is 0 Å². The highest BCUT2D eigenvalue weighted by molar-refractivity contribution is 8.00. The summed E-state index contributed by atoms with van der Waals surface area (Å²) in [4.78, 5) is 1.44. The highest BCUT2D eigenvalue weighted by atomic mass is 32.2. The van der Waals surface area contributed by atoms with E-state index in [-0.39, 0.29) is 0 Å². The van der Waals surface area contributed by atoms with Crippen molar-refractivity contribution in [1.82, 2.24) is 0 Å². The van der Waals surface area contributed by atoms with E-state index in [1.165, 1.54) is 60.6 Å². The summed E-state index contributed by atoms with van der Waals surface area (Å²) in [6, 6.07) is 9.78. The number of hydrogen-bond acceptors (Lipinski definition) is 3. The maximum atomic E-state index is 3.67. The second-order valence-electron chi connectivity index (χ2n) is 5.61. The first kappa shape index (κ1) is 13.7. The van der Waals surface area contributed by atoms with Crippen LogP contribution in [-0.2, 0) is 0 Å². The average molecular weight is 294 g/mol. The van der Waals surface area contributed by atoms with Crippen LogP contribution < -0.4 is 5.32 Å². The van der Waals surface area contributed by atoms with Gasteiger partial charge < -0.3 is 5.32 Å². The van der Waals surface area contributed by atoms with Gasteiger partial charge in [-0.1, -0.05) is 12.8 Å². The molecule has 0 radical (unpaired) electrons. The standard InChI is InChI=1S/C16H23NS2/c1-2-6-15(5-1)19-16-9-7-13(8-10-16)17-14-4-3-11-18-12-14/h7-10,14-15,17H,1-6,11-12H2. The zero-order valence-electron chi connectivity index (χ0n) is 11.4. The number of rotatable bonds is 4. The Balaban J connectivity index is 1.52. The number of benzene rings is 1. The SMILES string of the molecule is c1cc(SC2CCCC2)ccc1NC1CCCSC1. The predicted molar refractivity (Wildman–Crippen MR) is 88.5 cm³/mol. The Hall–Kier alpha value is -0.280. The van der Waals surface area contributed by atoms with Gasteiger partial charge in [0.2, 0.25) is 0 Å². The van der Waals surface area contributed by atoms with Crippen molar-refractivity contribution in [2.24, 2.45) is 0 Å². The maximum Gasteiger partial charge on any atom is 0.0352 e. The monoisotopic (exact) mass is 293 g/mol. The van der Waals surface area contributed by atoms with Crippen LogP contribution in [0.5, 0.6) is 0 Å². The number of nitrogens with one attached hydrogen (secondary N) is 1. The Morgan fingerprint density at radius 1 is 1.00 bits per heavy atom. The third kappa shape index (κ3) is 4.09. The van der Waals surface area contributed by atoms with Gasteiger partial charge >= 0.3 is 0 Å². The molecule has 1 aromatic carbocycles. The van der Waals surface area contributed by atoms with Crippen LogP contribution in [0.3, 0.4) is 0 Å². The molecule has 2 aliphatic rings. The van der Waals surface area contributed by atoms with Crippen molar-refractivity contribution in [3.8, 4) is 0 Å². The van der Waals surface area contributed by atoms with Crippen molar-refractivity contribution in [2.45, 2.75) is 54.7 Å². The Kier molecular flexibility index (Phi) is 5.00. The predicted octanol–water partition coefficient (Wildman–Crippen LogP) is 5.03. The second kappa shape index (κ2) is 6.94. The zero-order chi connectivity index (χ0) is 12.9. The molecule has 0 amide bonds. The molecule has 1 saturated heterocycles. The van der Waals surface area contributed by atoms with Gasteiger partial charge in [0.1, 0.15) is 0 Å². The van der Waals surface area contributed by atoms with Gasteiger partial charge in [0.05, 0.1) is 0 Å². The zero-order valence-corrected chi connectivity index (χ0v) is 13.1. The van der Waals surface area contributed by atoms with E-state index in [2.05, 4.69) is 53.1 Å². The van der Waals surface area contributed by atoms with Gasteiger partial charge in [0, 0.05) is 27.6 Å². The molecule has 1 aliphatic carbocycles. The fourth-order valence-corrected chi connectivity index (χ4v) is 5.24. The fraction of sp³-hybridized carbons (Fsp3) is 0.625. The lowest BCUT2D eigenvalue weighted by Crippen LogP contribution is -2.25. The Morgan fingerprint density at radius 2 is 1.79 bits per heavy atom. The lowest BCUT2D eigenvalue weighted by Gasteiger charge is -2.23. The third-order valence-electron chi connectivity index (χ3n) is 3.99. The molecular weight excluding hydrogens is 270 g/mol. The van der Waals surface area contributed by atoms with E-state index in [1.54, 1.807) is 0 Å². The maximum absolute atomic E-state index is 3.67. The molecule has 1 heterocycles. The van der Waals surface area contributed by atoms with Crippen LogP contribution in [0.25, 0.3) is 0 Å². The molecule has 1 saturated carbocycles. The molecule has 0 aromatic heterocycles. The molecule has 1 nitrogen and oxygen atoms in total. The van der Waals surface area contributed by atoms with E-state index in [1.807, 2.05) is 0 Å².